The maximum absolute atomic E-state index is 3.82. The SMILES string of the molecule is Cc1cccc2c1CC1NC2(C)c2ccccc21. The van der Waals surface area contributed by atoms with Crippen molar-refractivity contribution < 1.29 is 0 Å². The van der Waals surface area contributed by atoms with Crippen LogP contribution in [0.4, 0.5) is 0 Å². The van der Waals surface area contributed by atoms with Crippen LogP contribution in [0.2, 0.25) is 0 Å². The van der Waals surface area contributed by atoms with E-state index in [1.54, 1.807) is 5.56 Å². The van der Waals surface area contributed by atoms with Crippen LogP contribution in [0, 0.1) is 6.92 Å². The molecule has 2 aromatic rings. The highest BCUT2D eigenvalue weighted by Crippen LogP contribution is 2.48. The monoisotopic (exact) mass is 235 g/mol. The van der Waals surface area contributed by atoms with Crippen LogP contribution in [0.1, 0.15) is 40.8 Å². The van der Waals surface area contributed by atoms with Gasteiger partial charge in [0.1, 0.15) is 0 Å². The molecule has 2 unspecified atom stereocenters. The second-order valence-electron chi connectivity index (χ2n) is 5.71. The van der Waals surface area contributed by atoms with E-state index in [-0.39, 0.29) is 5.54 Å². The van der Waals surface area contributed by atoms with Gasteiger partial charge in [-0.1, -0.05) is 42.5 Å². The standard InChI is InChI=1S/C17H17N/c1-11-6-5-9-15-13(11)10-16-12-7-3-4-8-14(12)17(15,2)18-16/h3-9,16,18H,10H2,1-2H3. The van der Waals surface area contributed by atoms with Crippen molar-refractivity contribution in [1.29, 1.82) is 0 Å². The van der Waals surface area contributed by atoms with Gasteiger partial charge >= 0.3 is 0 Å². The van der Waals surface area contributed by atoms with E-state index in [1.165, 1.54) is 22.3 Å². The summed E-state index contributed by atoms with van der Waals surface area (Å²) >= 11 is 0. The summed E-state index contributed by atoms with van der Waals surface area (Å²) < 4.78 is 0. The number of hydrogen-bond acceptors (Lipinski definition) is 1. The Balaban J connectivity index is 2.05. The van der Waals surface area contributed by atoms with Gasteiger partial charge in [0.25, 0.3) is 0 Å². The molecule has 2 heterocycles. The van der Waals surface area contributed by atoms with Gasteiger partial charge in [-0.25, -0.2) is 0 Å². The van der Waals surface area contributed by atoms with Crippen molar-refractivity contribution in [3.63, 3.8) is 0 Å². The molecule has 0 saturated carbocycles. The lowest BCUT2D eigenvalue weighted by Gasteiger charge is -2.35. The highest BCUT2D eigenvalue weighted by atomic mass is 15.1. The predicted octanol–water partition coefficient (Wildman–Crippen LogP) is 3.46. The molecule has 2 bridgehead atoms. The predicted molar refractivity (Wildman–Crippen MR) is 73.7 cm³/mol. The fourth-order valence-corrected chi connectivity index (χ4v) is 3.79. The summed E-state index contributed by atoms with van der Waals surface area (Å²) in [6.07, 6.45) is 1.12. The van der Waals surface area contributed by atoms with Gasteiger partial charge in [-0.3, -0.25) is 5.32 Å². The average molecular weight is 235 g/mol. The summed E-state index contributed by atoms with van der Waals surface area (Å²) in [4.78, 5) is 0. The summed E-state index contributed by atoms with van der Waals surface area (Å²) in [6.45, 7) is 4.56. The largest absolute Gasteiger partial charge is 0.297 e. The minimum Gasteiger partial charge on any atom is -0.297 e. The zero-order valence-corrected chi connectivity index (χ0v) is 10.8. The topological polar surface area (TPSA) is 12.0 Å². The van der Waals surface area contributed by atoms with Crippen molar-refractivity contribution in [1.82, 2.24) is 5.32 Å². The first-order valence-corrected chi connectivity index (χ1v) is 6.66. The molecule has 2 aliphatic rings. The molecule has 4 rings (SSSR count). The summed E-state index contributed by atoms with van der Waals surface area (Å²) in [5.41, 5.74) is 7.37. The molecule has 0 saturated heterocycles. The minimum atomic E-state index is 0.000856. The van der Waals surface area contributed by atoms with Gasteiger partial charge in [0.05, 0.1) is 5.54 Å². The van der Waals surface area contributed by atoms with Crippen LogP contribution < -0.4 is 5.32 Å². The highest BCUT2D eigenvalue weighted by Gasteiger charge is 2.45. The lowest BCUT2D eigenvalue weighted by molar-refractivity contribution is 0.388. The van der Waals surface area contributed by atoms with Gasteiger partial charge in [-0.2, -0.15) is 0 Å². The highest BCUT2D eigenvalue weighted by molar-refractivity contribution is 5.55. The maximum Gasteiger partial charge on any atom is 0.0672 e. The summed E-state index contributed by atoms with van der Waals surface area (Å²) in [5.74, 6) is 0. The Bertz CT molecular complexity index is 644. The van der Waals surface area contributed by atoms with Gasteiger partial charge in [0.15, 0.2) is 0 Å². The van der Waals surface area contributed by atoms with Crippen LogP contribution in [0.5, 0.6) is 0 Å². The summed E-state index contributed by atoms with van der Waals surface area (Å²) in [7, 11) is 0. The molecule has 1 N–H and O–H groups in total. The Morgan fingerprint density at radius 1 is 1.06 bits per heavy atom. The molecule has 0 radical (unpaired) electrons. The second kappa shape index (κ2) is 3.24. The molecule has 2 atom stereocenters. The van der Waals surface area contributed by atoms with E-state index in [0.29, 0.717) is 6.04 Å². The molecule has 2 aromatic carbocycles. The molecule has 0 aliphatic carbocycles. The third kappa shape index (κ3) is 1.10. The lowest BCUT2D eigenvalue weighted by atomic mass is 9.81. The zero-order chi connectivity index (χ0) is 12.3. The van der Waals surface area contributed by atoms with E-state index in [4.69, 9.17) is 0 Å². The van der Waals surface area contributed by atoms with E-state index in [1.807, 2.05) is 0 Å². The number of nitrogens with one attached hydrogen (secondary N) is 1. The van der Waals surface area contributed by atoms with Gasteiger partial charge in [-0.05, 0) is 48.1 Å². The lowest BCUT2D eigenvalue weighted by Crippen LogP contribution is -2.41. The molecule has 1 heteroatoms. The second-order valence-corrected chi connectivity index (χ2v) is 5.71. The molecular weight excluding hydrogens is 218 g/mol. The Hall–Kier alpha value is -1.60. The van der Waals surface area contributed by atoms with Gasteiger partial charge in [-0.15, -0.1) is 0 Å². The Morgan fingerprint density at radius 3 is 2.72 bits per heavy atom. The van der Waals surface area contributed by atoms with Crippen molar-refractivity contribution in [3.05, 3.63) is 70.3 Å². The van der Waals surface area contributed by atoms with E-state index in [2.05, 4.69) is 61.6 Å². The van der Waals surface area contributed by atoms with Crippen LogP contribution >= 0.6 is 0 Å². The number of rotatable bonds is 0. The number of fused-ring (bicyclic) bond motifs is 7. The molecule has 2 aliphatic heterocycles. The van der Waals surface area contributed by atoms with E-state index in [0.717, 1.165) is 6.42 Å². The molecule has 1 nitrogen and oxygen atoms in total. The first kappa shape index (κ1) is 10.3. The first-order valence-electron chi connectivity index (χ1n) is 6.66. The smallest absolute Gasteiger partial charge is 0.0672 e. The van der Waals surface area contributed by atoms with E-state index >= 15 is 0 Å². The molecule has 18 heavy (non-hydrogen) atoms. The van der Waals surface area contributed by atoms with Crippen LogP contribution in [0.15, 0.2) is 42.5 Å². The third-order valence-electron chi connectivity index (χ3n) is 4.69. The van der Waals surface area contributed by atoms with Crippen LogP contribution in [0.25, 0.3) is 0 Å². The van der Waals surface area contributed by atoms with Gasteiger partial charge in [0.2, 0.25) is 0 Å². The van der Waals surface area contributed by atoms with Crippen molar-refractivity contribution in [2.24, 2.45) is 0 Å². The molecular formula is C17H17N. The van der Waals surface area contributed by atoms with Crippen molar-refractivity contribution >= 4 is 0 Å². The summed E-state index contributed by atoms with van der Waals surface area (Å²) in [5, 5.41) is 3.82. The minimum absolute atomic E-state index is 0.000856. The fourth-order valence-electron chi connectivity index (χ4n) is 3.79. The Kier molecular flexibility index (Phi) is 1.86. The quantitative estimate of drug-likeness (QED) is 0.737. The number of aryl methyl sites for hydroxylation is 1. The Labute approximate surface area is 108 Å². The van der Waals surface area contributed by atoms with Crippen molar-refractivity contribution in [2.45, 2.75) is 31.8 Å². The van der Waals surface area contributed by atoms with E-state index < -0.39 is 0 Å². The van der Waals surface area contributed by atoms with Crippen LogP contribution in [-0.4, -0.2) is 0 Å². The first-order chi connectivity index (χ1) is 8.70. The summed E-state index contributed by atoms with van der Waals surface area (Å²) in [6, 6.07) is 16.1. The van der Waals surface area contributed by atoms with Crippen molar-refractivity contribution in [3.8, 4) is 0 Å². The van der Waals surface area contributed by atoms with Crippen molar-refractivity contribution in [2.75, 3.05) is 0 Å². The maximum atomic E-state index is 3.82. The Morgan fingerprint density at radius 2 is 1.83 bits per heavy atom. The zero-order valence-electron chi connectivity index (χ0n) is 10.8. The fraction of sp³-hybridized carbons (Fsp3) is 0.294. The van der Waals surface area contributed by atoms with Crippen LogP contribution in [-0.2, 0) is 12.0 Å². The molecule has 90 valence electrons. The molecule has 0 spiro atoms. The average Bonchev–Trinajstić information content (AvgIpc) is 2.62. The molecule has 0 amide bonds. The number of hydrogen-bond donors (Lipinski definition) is 1. The van der Waals surface area contributed by atoms with E-state index in [9.17, 15) is 0 Å². The normalized spacial score (nSPS) is 27.8. The molecule has 0 fully saturated rings. The van der Waals surface area contributed by atoms with Crippen LogP contribution in [0.3, 0.4) is 0 Å². The molecule has 0 aromatic heterocycles. The number of benzene rings is 2. The van der Waals surface area contributed by atoms with Gasteiger partial charge < -0.3 is 0 Å². The third-order valence-corrected chi connectivity index (χ3v) is 4.69. The van der Waals surface area contributed by atoms with Gasteiger partial charge in [0, 0.05) is 6.04 Å².